The molecule has 29 heavy (non-hydrogen) atoms. The zero-order valence-corrected chi connectivity index (χ0v) is 16.4. The Hall–Kier alpha value is -2.77. The Morgan fingerprint density at radius 2 is 1.83 bits per heavy atom. The largest absolute Gasteiger partial charge is 0.395 e. The summed E-state index contributed by atoms with van der Waals surface area (Å²) < 4.78 is 18.2. The molecule has 0 fully saturated rings. The van der Waals surface area contributed by atoms with Crippen LogP contribution >= 0.6 is 11.6 Å². The van der Waals surface area contributed by atoms with Crippen LogP contribution in [0.1, 0.15) is 29.3 Å². The van der Waals surface area contributed by atoms with Crippen molar-refractivity contribution in [3.63, 3.8) is 0 Å². The van der Waals surface area contributed by atoms with Gasteiger partial charge < -0.3 is 14.9 Å². The number of hydrogen-bond donors (Lipinski definition) is 2. The van der Waals surface area contributed by atoms with Gasteiger partial charge in [0, 0.05) is 30.3 Å². The predicted octanol–water partition coefficient (Wildman–Crippen LogP) is 3.79. The van der Waals surface area contributed by atoms with E-state index < -0.39 is 0 Å². The van der Waals surface area contributed by atoms with Crippen molar-refractivity contribution in [3.05, 3.63) is 76.3 Å². The molecule has 3 rings (SSSR count). The highest BCUT2D eigenvalue weighted by atomic mass is 35.5. The minimum atomic E-state index is -0.337. The van der Waals surface area contributed by atoms with E-state index in [1.54, 1.807) is 24.3 Å². The van der Waals surface area contributed by atoms with Crippen LogP contribution in [0.5, 0.6) is 0 Å². The number of carbonyl (C=O) groups is 1. The SMILES string of the molecule is O=C(Cc1ccc(F)cc1)C[C@@H](Cc1ccc(Cl)cc1)c1noc(NCCO)n1. The average molecular weight is 418 g/mol. The lowest BCUT2D eigenvalue weighted by atomic mass is 9.91. The molecule has 3 aromatic rings. The summed E-state index contributed by atoms with van der Waals surface area (Å²) in [5.74, 6) is -0.229. The van der Waals surface area contributed by atoms with Gasteiger partial charge in [-0.15, -0.1) is 0 Å². The number of hydrogen-bond acceptors (Lipinski definition) is 6. The number of nitrogens with zero attached hydrogens (tertiary/aromatic N) is 2. The minimum absolute atomic E-state index is 0.00904. The van der Waals surface area contributed by atoms with Crippen molar-refractivity contribution < 1.29 is 18.8 Å². The highest BCUT2D eigenvalue weighted by Gasteiger charge is 2.22. The summed E-state index contributed by atoms with van der Waals surface area (Å²) in [7, 11) is 0. The van der Waals surface area contributed by atoms with Crippen molar-refractivity contribution in [2.45, 2.75) is 25.2 Å². The van der Waals surface area contributed by atoms with Gasteiger partial charge in [0.2, 0.25) is 0 Å². The Morgan fingerprint density at radius 1 is 1.14 bits per heavy atom. The van der Waals surface area contributed by atoms with Gasteiger partial charge in [0.15, 0.2) is 5.82 Å². The lowest BCUT2D eigenvalue weighted by Gasteiger charge is -2.13. The maximum absolute atomic E-state index is 13.1. The van der Waals surface area contributed by atoms with Gasteiger partial charge in [0.05, 0.1) is 6.61 Å². The van der Waals surface area contributed by atoms with Gasteiger partial charge in [0.25, 0.3) is 0 Å². The van der Waals surface area contributed by atoms with Crippen molar-refractivity contribution in [2.75, 3.05) is 18.5 Å². The zero-order chi connectivity index (χ0) is 20.6. The number of halogens is 2. The first-order valence-corrected chi connectivity index (χ1v) is 9.60. The monoisotopic (exact) mass is 417 g/mol. The van der Waals surface area contributed by atoms with Crippen LogP contribution in [-0.2, 0) is 17.6 Å². The van der Waals surface area contributed by atoms with Crippen LogP contribution in [0.4, 0.5) is 10.4 Å². The first kappa shape index (κ1) is 21.0. The van der Waals surface area contributed by atoms with Crippen LogP contribution in [0, 0.1) is 5.82 Å². The molecule has 6 nitrogen and oxygen atoms in total. The summed E-state index contributed by atoms with van der Waals surface area (Å²) in [6.07, 6.45) is 0.940. The molecule has 0 unspecified atom stereocenters. The quantitative estimate of drug-likeness (QED) is 0.521. The predicted molar refractivity (Wildman–Crippen MR) is 107 cm³/mol. The average Bonchev–Trinajstić information content (AvgIpc) is 3.18. The Morgan fingerprint density at radius 3 is 2.52 bits per heavy atom. The second-order valence-corrected chi connectivity index (χ2v) is 7.12. The van der Waals surface area contributed by atoms with Crippen LogP contribution in [-0.4, -0.2) is 34.2 Å². The molecule has 2 aromatic carbocycles. The smallest absolute Gasteiger partial charge is 0.321 e. The molecule has 0 aliphatic heterocycles. The summed E-state index contributed by atoms with van der Waals surface area (Å²) in [6.45, 7) is 0.217. The summed E-state index contributed by atoms with van der Waals surface area (Å²) in [4.78, 5) is 17.0. The molecule has 0 aliphatic carbocycles. The number of aliphatic hydroxyl groups is 1. The maximum atomic E-state index is 13.1. The highest BCUT2D eigenvalue weighted by molar-refractivity contribution is 6.30. The van der Waals surface area contributed by atoms with Gasteiger partial charge in [0.1, 0.15) is 11.6 Å². The molecule has 1 atom stereocenters. The van der Waals surface area contributed by atoms with E-state index in [9.17, 15) is 9.18 Å². The van der Waals surface area contributed by atoms with Crippen LogP contribution < -0.4 is 5.32 Å². The third kappa shape index (κ3) is 6.37. The fourth-order valence-corrected chi connectivity index (χ4v) is 3.10. The fourth-order valence-electron chi connectivity index (χ4n) is 2.97. The standard InChI is InChI=1S/C21H21ClFN3O3/c22-17-5-1-14(2-6-17)11-16(20-25-21(29-26-20)24-9-10-27)13-19(28)12-15-3-7-18(23)8-4-15/h1-8,16,27H,9-13H2,(H,24,25,26)/t16-/m1/s1. The van der Waals surface area contributed by atoms with Crippen molar-refractivity contribution in [1.82, 2.24) is 10.1 Å². The lowest BCUT2D eigenvalue weighted by Crippen LogP contribution is -2.13. The van der Waals surface area contributed by atoms with Crippen molar-refractivity contribution >= 4 is 23.4 Å². The molecule has 0 aliphatic rings. The number of nitrogens with one attached hydrogen (secondary N) is 1. The van der Waals surface area contributed by atoms with Crippen LogP contribution in [0.2, 0.25) is 5.02 Å². The van der Waals surface area contributed by atoms with Gasteiger partial charge in [-0.2, -0.15) is 4.98 Å². The molecule has 0 saturated carbocycles. The molecule has 1 aromatic heterocycles. The van der Waals surface area contributed by atoms with E-state index in [0.717, 1.165) is 11.1 Å². The molecule has 0 saturated heterocycles. The van der Waals surface area contributed by atoms with E-state index in [-0.39, 0.29) is 49.5 Å². The van der Waals surface area contributed by atoms with Crippen molar-refractivity contribution in [1.29, 1.82) is 0 Å². The summed E-state index contributed by atoms with van der Waals surface area (Å²) in [5.41, 5.74) is 1.74. The van der Waals surface area contributed by atoms with Gasteiger partial charge in [-0.05, 0) is 41.8 Å². The number of aromatic nitrogens is 2. The van der Waals surface area contributed by atoms with Crippen LogP contribution in [0.3, 0.4) is 0 Å². The van der Waals surface area contributed by atoms with E-state index in [1.165, 1.54) is 12.1 Å². The molecule has 0 amide bonds. The molecule has 152 valence electrons. The Balaban J connectivity index is 1.74. The molecular weight excluding hydrogens is 397 g/mol. The van der Waals surface area contributed by atoms with Crippen molar-refractivity contribution in [3.8, 4) is 0 Å². The molecule has 0 radical (unpaired) electrons. The molecule has 2 N–H and O–H groups in total. The van der Waals surface area contributed by atoms with E-state index >= 15 is 0 Å². The molecular formula is C21H21ClFN3O3. The van der Waals surface area contributed by atoms with Crippen molar-refractivity contribution in [2.24, 2.45) is 0 Å². The van der Waals surface area contributed by atoms with E-state index in [2.05, 4.69) is 15.5 Å². The highest BCUT2D eigenvalue weighted by Crippen LogP contribution is 2.25. The third-order valence-corrected chi connectivity index (χ3v) is 4.63. The van der Waals surface area contributed by atoms with Gasteiger partial charge in [-0.3, -0.25) is 4.79 Å². The number of ketones is 1. The van der Waals surface area contributed by atoms with Crippen LogP contribution in [0.25, 0.3) is 0 Å². The van der Waals surface area contributed by atoms with Crippen LogP contribution in [0.15, 0.2) is 53.1 Å². The number of aliphatic hydroxyl groups excluding tert-OH is 1. The fraction of sp³-hybridized carbons (Fsp3) is 0.286. The molecule has 8 heteroatoms. The molecule has 0 bridgehead atoms. The van der Waals surface area contributed by atoms with E-state index in [1.807, 2.05) is 12.1 Å². The Kier molecular flexibility index (Phi) is 7.32. The van der Waals surface area contributed by atoms with Gasteiger partial charge >= 0.3 is 6.01 Å². The van der Waals surface area contributed by atoms with E-state index in [0.29, 0.717) is 17.3 Å². The topological polar surface area (TPSA) is 88.2 Å². The second-order valence-electron chi connectivity index (χ2n) is 6.68. The lowest BCUT2D eigenvalue weighted by molar-refractivity contribution is -0.118. The van der Waals surface area contributed by atoms with Gasteiger partial charge in [-0.1, -0.05) is 41.0 Å². The maximum Gasteiger partial charge on any atom is 0.321 e. The number of Topliss-reactive ketones (excluding diaryl/α,β-unsaturated/α-hetero) is 1. The molecule has 0 spiro atoms. The van der Waals surface area contributed by atoms with E-state index in [4.69, 9.17) is 21.2 Å². The second kappa shape index (κ2) is 10.1. The summed E-state index contributed by atoms with van der Waals surface area (Å²) >= 11 is 5.95. The number of rotatable bonds is 10. The number of benzene rings is 2. The number of anilines is 1. The summed E-state index contributed by atoms with van der Waals surface area (Å²) in [6, 6.07) is 13.5. The normalized spacial score (nSPS) is 12.0. The Labute approximate surface area is 172 Å². The first-order chi connectivity index (χ1) is 14.0. The molecule has 1 heterocycles. The minimum Gasteiger partial charge on any atom is -0.395 e. The third-order valence-electron chi connectivity index (χ3n) is 4.38. The first-order valence-electron chi connectivity index (χ1n) is 9.22. The summed E-state index contributed by atoms with van der Waals surface area (Å²) in [5, 5.41) is 16.3. The number of carbonyl (C=O) groups excluding carboxylic acids is 1. The van der Waals surface area contributed by atoms with Gasteiger partial charge in [-0.25, -0.2) is 4.39 Å². The Bertz CT molecular complexity index is 929. The zero-order valence-electron chi connectivity index (χ0n) is 15.6.